The van der Waals surface area contributed by atoms with Crippen LogP contribution < -0.4 is 4.74 Å². The number of rotatable bonds is 2. The van der Waals surface area contributed by atoms with E-state index in [1.807, 2.05) is 0 Å². The van der Waals surface area contributed by atoms with Crippen LogP contribution in [-0.2, 0) is 0 Å². The van der Waals surface area contributed by atoms with Crippen LogP contribution in [0.1, 0.15) is 10.4 Å². The van der Waals surface area contributed by atoms with Crippen molar-refractivity contribution in [2.75, 3.05) is 7.11 Å². The number of aromatic carboxylic acids is 1. The lowest BCUT2D eigenvalue weighted by Gasteiger charge is -2.07. The van der Waals surface area contributed by atoms with Crippen molar-refractivity contribution in [2.45, 2.75) is 0 Å². The molecule has 76 valence electrons. The Balaban J connectivity index is 3.51. The number of carboxylic acid groups (broad SMARTS) is 1. The first-order chi connectivity index (χ1) is 6.49. The third-order valence-electron chi connectivity index (χ3n) is 1.58. The highest BCUT2D eigenvalue weighted by Crippen LogP contribution is 2.32. The van der Waals surface area contributed by atoms with E-state index in [4.69, 9.17) is 10.2 Å². The predicted octanol–water partition coefficient (Wildman–Crippen LogP) is 1.38. The minimum Gasteiger partial charge on any atom is -0.503 e. The molecule has 6 heteroatoms. The van der Waals surface area contributed by atoms with Crippen LogP contribution >= 0.6 is 0 Å². The van der Waals surface area contributed by atoms with Crippen LogP contribution in [0.5, 0.6) is 11.5 Å². The molecule has 0 radical (unpaired) electrons. The van der Waals surface area contributed by atoms with E-state index in [0.717, 1.165) is 7.11 Å². The van der Waals surface area contributed by atoms with Crippen molar-refractivity contribution in [1.82, 2.24) is 0 Å². The normalized spacial score (nSPS) is 9.93. The van der Waals surface area contributed by atoms with Crippen molar-refractivity contribution >= 4 is 5.97 Å². The molecule has 1 aromatic carbocycles. The summed E-state index contributed by atoms with van der Waals surface area (Å²) in [5, 5.41) is 17.3. The Morgan fingerprint density at radius 2 is 2.07 bits per heavy atom. The highest BCUT2D eigenvalue weighted by molar-refractivity contribution is 5.91. The highest BCUT2D eigenvalue weighted by atomic mass is 19.1. The van der Waals surface area contributed by atoms with E-state index < -0.39 is 34.7 Å². The summed E-state index contributed by atoms with van der Waals surface area (Å²) >= 11 is 0. The number of phenolic OH excluding ortho intramolecular Hbond substituents is 1. The predicted molar refractivity (Wildman–Crippen MR) is 41.5 cm³/mol. The Labute approximate surface area is 77.4 Å². The monoisotopic (exact) mass is 204 g/mol. The molecule has 1 rings (SSSR count). The van der Waals surface area contributed by atoms with E-state index >= 15 is 0 Å². The molecule has 0 bridgehead atoms. The van der Waals surface area contributed by atoms with Crippen LogP contribution in [0.15, 0.2) is 6.07 Å². The summed E-state index contributed by atoms with van der Waals surface area (Å²) in [7, 11) is 1.02. The average Bonchev–Trinajstić information content (AvgIpc) is 2.13. The van der Waals surface area contributed by atoms with Crippen molar-refractivity contribution in [2.24, 2.45) is 0 Å². The quantitative estimate of drug-likeness (QED) is 0.763. The van der Waals surface area contributed by atoms with Crippen LogP contribution in [0, 0.1) is 11.6 Å². The molecule has 0 amide bonds. The summed E-state index contributed by atoms with van der Waals surface area (Å²) in [6.07, 6.45) is 0. The summed E-state index contributed by atoms with van der Waals surface area (Å²) in [6.45, 7) is 0. The van der Waals surface area contributed by atoms with Gasteiger partial charge in [-0.05, 0) is 6.07 Å². The van der Waals surface area contributed by atoms with Crippen LogP contribution in [0.2, 0.25) is 0 Å². The van der Waals surface area contributed by atoms with Gasteiger partial charge in [0.05, 0.1) is 7.11 Å². The molecule has 0 aliphatic carbocycles. The van der Waals surface area contributed by atoms with Gasteiger partial charge in [-0.2, -0.15) is 4.39 Å². The van der Waals surface area contributed by atoms with Crippen molar-refractivity contribution in [3.8, 4) is 11.5 Å². The zero-order valence-corrected chi connectivity index (χ0v) is 7.04. The molecule has 0 atom stereocenters. The molecule has 0 aliphatic heterocycles. The number of hydrogen-bond donors (Lipinski definition) is 2. The lowest BCUT2D eigenvalue weighted by Crippen LogP contribution is -2.04. The Morgan fingerprint density at radius 1 is 1.50 bits per heavy atom. The summed E-state index contributed by atoms with van der Waals surface area (Å²) in [4.78, 5) is 10.5. The maximum Gasteiger partial charge on any atom is 0.339 e. The number of carbonyl (C=O) groups is 1. The van der Waals surface area contributed by atoms with Crippen molar-refractivity contribution in [3.05, 3.63) is 23.3 Å². The molecule has 1 aromatic rings. The van der Waals surface area contributed by atoms with E-state index in [0.29, 0.717) is 6.07 Å². The van der Waals surface area contributed by atoms with Crippen LogP contribution in [0.25, 0.3) is 0 Å². The number of ether oxygens (including phenoxy) is 1. The molecule has 0 saturated carbocycles. The summed E-state index contributed by atoms with van der Waals surface area (Å²) < 4.78 is 30.1. The fraction of sp³-hybridized carbons (Fsp3) is 0.125. The standard InChI is InChI=1S/C8H6F2O4/c1-14-7-3(8(12)13)2-4(9)6(11)5(7)10/h2,11H,1H3,(H,12,13). The molecular formula is C8H6F2O4. The molecule has 0 fully saturated rings. The Kier molecular flexibility index (Phi) is 2.55. The first kappa shape index (κ1) is 10.2. The Morgan fingerprint density at radius 3 is 2.50 bits per heavy atom. The van der Waals surface area contributed by atoms with E-state index in [1.54, 1.807) is 0 Å². The van der Waals surface area contributed by atoms with Gasteiger partial charge in [-0.25, -0.2) is 9.18 Å². The van der Waals surface area contributed by atoms with E-state index in [-0.39, 0.29) is 0 Å². The van der Waals surface area contributed by atoms with Gasteiger partial charge in [-0.3, -0.25) is 0 Å². The molecule has 14 heavy (non-hydrogen) atoms. The molecular weight excluding hydrogens is 198 g/mol. The fourth-order valence-electron chi connectivity index (χ4n) is 0.950. The molecule has 0 heterocycles. The molecule has 0 aliphatic rings. The van der Waals surface area contributed by atoms with Gasteiger partial charge in [0.1, 0.15) is 5.56 Å². The third-order valence-corrected chi connectivity index (χ3v) is 1.58. The maximum atomic E-state index is 13.0. The lowest BCUT2D eigenvalue weighted by molar-refractivity contribution is 0.0691. The van der Waals surface area contributed by atoms with Gasteiger partial charge in [-0.1, -0.05) is 0 Å². The number of carboxylic acids is 1. The summed E-state index contributed by atoms with van der Waals surface area (Å²) in [6, 6.07) is 0.486. The third kappa shape index (κ3) is 1.46. The topological polar surface area (TPSA) is 66.8 Å². The fourth-order valence-corrected chi connectivity index (χ4v) is 0.950. The van der Waals surface area contributed by atoms with Gasteiger partial charge < -0.3 is 14.9 Å². The van der Waals surface area contributed by atoms with Crippen LogP contribution in [0.4, 0.5) is 8.78 Å². The van der Waals surface area contributed by atoms with Crippen molar-refractivity contribution in [1.29, 1.82) is 0 Å². The molecule has 0 saturated heterocycles. The summed E-state index contributed by atoms with van der Waals surface area (Å²) in [5.41, 5.74) is -0.680. The number of methoxy groups -OCH3 is 1. The van der Waals surface area contributed by atoms with Crippen molar-refractivity contribution in [3.63, 3.8) is 0 Å². The van der Waals surface area contributed by atoms with Gasteiger partial charge in [0.25, 0.3) is 0 Å². The smallest absolute Gasteiger partial charge is 0.339 e. The van der Waals surface area contributed by atoms with Crippen molar-refractivity contribution < 1.29 is 28.5 Å². The second kappa shape index (κ2) is 3.49. The molecule has 0 spiro atoms. The zero-order chi connectivity index (χ0) is 10.9. The minimum absolute atomic E-state index is 0.486. The zero-order valence-electron chi connectivity index (χ0n) is 7.04. The minimum atomic E-state index is -1.54. The van der Waals surface area contributed by atoms with Gasteiger partial charge in [0, 0.05) is 0 Å². The molecule has 2 N–H and O–H groups in total. The lowest BCUT2D eigenvalue weighted by atomic mass is 10.1. The van der Waals surface area contributed by atoms with E-state index in [2.05, 4.69) is 4.74 Å². The maximum absolute atomic E-state index is 13.0. The Bertz CT molecular complexity index is 389. The number of aromatic hydroxyl groups is 1. The molecule has 4 nitrogen and oxygen atoms in total. The number of benzene rings is 1. The first-order valence-corrected chi connectivity index (χ1v) is 3.47. The second-order valence-electron chi connectivity index (χ2n) is 2.41. The van der Waals surface area contributed by atoms with Gasteiger partial charge in [0.15, 0.2) is 17.3 Å². The summed E-state index contributed by atoms with van der Waals surface area (Å²) in [5.74, 6) is -6.27. The molecule has 0 aromatic heterocycles. The average molecular weight is 204 g/mol. The largest absolute Gasteiger partial charge is 0.503 e. The number of hydrogen-bond acceptors (Lipinski definition) is 3. The van der Waals surface area contributed by atoms with Gasteiger partial charge in [0.2, 0.25) is 5.82 Å². The van der Waals surface area contributed by atoms with Crippen LogP contribution in [0.3, 0.4) is 0 Å². The second-order valence-corrected chi connectivity index (χ2v) is 2.41. The SMILES string of the molecule is COc1c(C(=O)O)cc(F)c(O)c1F. The Hall–Kier alpha value is -1.85. The molecule has 0 unspecified atom stereocenters. The van der Waals surface area contributed by atoms with E-state index in [9.17, 15) is 13.6 Å². The van der Waals surface area contributed by atoms with E-state index in [1.165, 1.54) is 0 Å². The first-order valence-electron chi connectivity index (χ1n) is 3.47. The highest BCUT2D eigenvalue weighted by Gasteiger charge is 2.22. The van der Waals surface area contributed by atoms with Crippen LogP contribution in [-0.4, -0.2) is 23.3 Å². The number of phenols is 1. The van der Waals surface area contributed by atoms with Gasteiger partial charge >= 0.3 is 5.97 Å². The number of halogens is 2. The van der Waals surface area contributed by atoms with Gasteiger partial charge in [-0.15, -0.1) is 0 Å².